The Morgan fingerprint density at radius 2 is 2.04 bits per heavy atom. The average Bonchev–Trinajstić information content (AvgIpc) is 3.14. The van der Waals surface area contributed by atoms with Gasteiger partial charge in [0.15, 0.2) is 11.4 Å². The van der Waals surface area contributed by atoms with Gasteiger partial charge in [-0.05, 0) is 24.8 Å². The lowest BCUT2D eigenvalue weighted by atomic mass is 10.1. The minimum Gasteiger partial charge on any atom is -0.455 e. The van der Waals surface area contributed by atoms with Gasteiger partial charge in [-0.25, -0.2) is 0 Å². The first-order chi connectivity index (χ1) is 11.5. The molecule has 2 aromatic rings. The maximum atomic E-state index is 11.9. The number of esters is 1. The summed E-state index contributed by atoms with van der Waals surface area (Å²) in [4.78, 5) is 28.3. The van der Waals surface area contributed by atoms with Gasteiger partial charge < -0.3 is 9.30 Å². The summed E-state index contributed by atoms with van der Waals surface area (Å²) >= 11 is 1.39. The number of nitrogens with zero attached hydrogens (tertiary/aromatic N) is 2. The van der Waals surface area contributed by atoms with Crippen LogP contribution in [0.25, 0.3) is 0 Å². The molecule has 1 saturated carbocycles. The van der Waals surface area contributed by atoms with Crippen LogP contribution < -0.4 is 4.80 Å². The van der Waals surface area contributed by atoms with Crippen LogP contribution in [0.2, 0.25) is 0 Å². The molecule has 1 aromatic heterocycles. The lowest BCUT2D eigenvalue weighted by molar-refractivity contribution is -0.149. The number of carbonyl (C=O) groups is 2. The van der Waals surface area contributed by atoms with Gasteiger partial charge in [-0.1, -0.05) is 36.8 Å². The van der Waals surface area contributed by atoms with E-state index in [0.717, 1.165) is 12.0 Å². The molecule has 0 bridgehead atoms. The van der Waals surface area contributed by atoms with Crippen molar-refractivity contribution in [1.82, 2.24) is 4.57 Å². The SMILES string of the molecule is Cc1ccc(Cn2ccsc2=NC(=O)COC(=O)[C@@H]2C[C@@H]2C)cc1. The van der Waals surface area contributed by atoms with Crippen LogP contribution in [0.1, 0.15) is 24.5 Å². The zero-order chi connectivity index (χ0) is 17.1. The number of hydrogen-bond acceptors (Lipinski definition) is 4. The first-order valence-corrected chi connectivity index (χ1v) is 8.84. The second-order valence-corrected chi connectivity index (χ2v) is 7.10. The largest absolute Gasteiger partial charge is 0.455 e. The van der Waals surface area contributed by atoms with Crippen LogP contribution in [0.15, 0.2) is 40.8 Å². The fraction of sp³-hybridized carbons (Fsp3) is 0.389. The Morgan fingerprint density at radius 3 is 2.71 bits per heavy atom. The fourth-order valence-electron chi connectivity index (χ4n) is 2.43. The van der Waals surface area contributed by atoms with Gasteiger partial charge in [0.25, 0.3) is 5.91 Å². The monoisotopic (exact) mass is 344 g/mol. The van der Waals surface area contributed by atoms with Gasteiger partial charge >= 0.3 is 5.97 Å². The van der Waals surface area contributed by atoms with Crippen molar-refractivity contribution < 1.29 is 14.3 Å². The molecule has 0 radical (unpaired) electrons. The minimum atomic E-state index is -0.434. The molecule has 1 aliphatic carbocycles. The molecular formula is C18H20N2O3S. The first kappa shape index (κ1) is 16.6. The number of aromatic nitrogens is 1. The number of thiazole rings is 1. The molecule has 2 atom stereocenters. The van der Waals surface area contributed by atoms with Crippen molar-refractivity contribution in [2.75, 3.05) is 6.61 Å². The molecule has 5 nitrogen and oxygen atoms in total. The van der Waals surface area contributed by atoms with Crippen LogP contribution in [-0.2, 0) is 20.9 Å². The van der Waals surface area contributed by atoms with Crippen molar-refractivity contribution in [1.29, 1.82) is 0 Å². The van der Waals surface area contributed by atoms with E-state index >= 15 is 0 Å². The highest BCUT2D eigenvalue weighted by molar-refractivity contribution is 7.07. The van der Waals surface area contributed by atoms with Gasteiger partial charge in [-0.3, -0.25) is 9.59 Å². The van der Waals surface area contributed by atoms with Crippen LogP contribution in [-0.4, -0.2) is 23.1 Å². The fourth-order valence-corrected chi connectivity index (χ4v) is 3.17. The zero-order valence-corrected chi connectivity index (χ0v) is 14.6. The van der Waals surface area contributed by atoms with Gasteiger partial charge in [0.1, 0.15) is 0 Å². The molecule has 1 amide bonds. The van der Waals surface area contributed by atoms with Crippen molar-refractivity contribution in [3.05, 3.63) is 51.8 Å². The average molecular weight is 344 g/mol. The third-order valence-corrected chi connectivity index (χ3v) is 4.90. The van der Waals surface area contributed by atoms with E-state index in [4.69, 9.17) is 4.74 Å². The normalized spacial score (nSPS) is 20.0. The quantitative estimate of drug-likeness (QED) is 0.783. The van der Waals surface area contributed by atoms with Crippen molar-refractivity contribution >= 4 is 23.2 Å². The number of hydrogen-bond donors (Lipinski definition) is 0. The smallest absolute Gasteiger partial charge is 0.309 e. The van der Waals surface area contributed by atoms with Gasteiger partial charge in [-0.15, -0.1) is 11.3 Å². The Bertz CT molecular complexity index is 804. The molecule has 6 heteroatoms. The molecule has 0 aliphatic heterocycles. The number of amides is 1. The molecule has 3 rings (SSSR count). The van der Waals surface area contributed by atoms with Gasteiger partial charge in [0.2, 0.25) is 0 Å². The predicted molar refractivity (Wildman–Crippen MR) is 91.4 cm³/mol. The highest BCUT2D eigenvalue weighted by atomic mass is 32.1. The van der Waals surface area contributed by atoms with E-state index < -0.39 is 5.91 Å². The maximum Gasteiger partial charge on any atom is 0.309 e. The summed E-state index contributed by atoms with van der Waals surface area (Å²) in [7, 11) is 0. The number of rotatable bonds is 5. The maximum absolute atomic E-state index is 11.9. The molecular weight excluding hydrogens is 324 g/mol. The molecule has 1 heterocycles. The summed E-state index contributed by atoms with van der Waals surface area (Å²) in [6.07, 6.45) is 2.75. The van der Waals surface area contributed by atoms with Gasteiger partial charge in [0.05, 0.1) is 5.92 Å². The van der Waals surface area contributed by atoms with Crippen molar-refractivity contribution in [2.24, 2.45) is 16.8 Å². The summed E-state index contributed by atoms with van der Waals surface area (Å²) in [5, 5.41) is 1.89. The van der Waals surface area contributed by atoms with Crippen molar-refractivity contribution in [2.45, 2.75) is 26.8 Å². The lowest BCUT2D eigenvalue weighted by Gasteiger charge is -2.04. The summed E-state index contributed by atoms with van der Waals surface area (Å²) in [6, 6.07) is 8.24. The molecule has 1 aliphatic rings. The third kappa shape index (κ3) is 4.20. The molecule has 1 fully saturated rings. The number of benzene rings is 1. The van der Waals surface area contributed by atoms with Gasteiger partial charge in [0, 0.05) is 18.1 Å². The summed E-state index contributed by atoms with van der Waals surface area (Å²) in [6.45, 7) is 4.40. The van der Waals surface area contributed by atoms with Crippen LogP contribution >= 0.6 is 11.3 Å². The Hall–Kier alpha value is -2.21. The first-order valence-electron chi connectivity index (χ1n) is 7.96. The molecule has 24 heavy (non-hydrogen) atoms. The zero-order valence-electron chi connectivity index (χ0n) is 13.8. The van der Waals surface area contributed by atoms with Crippen molar-refractivity contribution in [3.8, 4) is 0 Å². The Kier molecular flexibility index (Phi) is 4.94. The molecule has 0 unspecified atom stereocenters. The van der Waals surface area contributed by atoms with Crippen LogP contribution in [0.5, 0.6) is 0 Å². The Morgan fingerprint density at radius 1 is 1.33 bits per heavy atom. The highest BCUT2D eigenvalue weighted by Gasteiger charge is 2.40. The van der Waals surface area contributed by atoms with E-state index in [1.165, 1.54) is 16.9 Å². The molecule has 0 spiro atoms. The second-order valence-electron chi connectivity index (χ2n) is 6.23. The number of carbonyl (C=O) groups excluding carboxylic acids is 2. The van der Waals surface area contributed by atoms with Gasteiger partial charge in [-0.2, -0.15) is 4.99 Å². The predicted octanol–water partition coefficient (Wildman–Crippen LogP) is 2.53. The van der Waals surface area contributed by atoms with E-state index in [-0.39, 0.29) is 18.5 Å². The summed E-state index contributed by atoms with van der Waals surface area (Å²) in [5.41, 5.74) is 2.35. The van der Waals surface area contributed by atoms with Crippen LogP contribution in [0.3, 0.4) is 0 Å². The summed E-state index contributed by atoms with van der Waals surface area (Å²) in [5.74, 6) is -0.383. The topological polar surface area (TPSA) is 60.7 Å². The standard InChI is InChI=1S/C18H20N2O3S/c1-12-3-5-14(6-4-12)10-20-7-8-24-18(20)19-16(21)11-23-17(22)15-9-13(15)2/h3-8,13,15H,9-11H2,1-2H3/t13-,15+/m0/s1. The lowest BCUT2D eigenvalue weighted by Crippen LogP contribution is -2.20. The summed E-state index contributed by atoms with van der Waals surface area (Å²) < 4.78 is 6.95. The molecule has 1 aromatic carbocycles. The van der Waals surface area contributed by atoms with E-state index in [2.05, 4.69) is 29.3 Å². The van der Waals surface area contributed by atoms with E-state index in [0.29, 0.717) is 17.3 Å². The molecule has 126 valence electrons. The Labute approximate surface area is 144 Å². The van der Waals surface area contributed by atoms with Crippen LogP contribution in [0, 0.1) is 18.8 Å². The van der Waals surface area contributed by atoms with E-state index in [1.807, 2.05) is 30.0 Å². The van der Waals surface area contributed by atoms with Crippen LogP contribution in [0.4, 0.5) is 0 Å². The third-order valence-electron chi connectivity index (χ3n) is 4.10. The number of aryl methyl sites for hydroxylation is 1. The highest BCUT2D eigenvalue weighted by Crippen LogP contribution is 2.38. The molecule has 0 saturated heterocycles. The second kappa shape index (κ2) is 7.13. The minimum absolute atomic E-state index is 0.0361. The number of ether oxygens (including phenoxy) is 1. The van der Waals surface area contributed by atoms with E-state index in [1.54, 1.807) is 0 Å². The molecule has 0 N–H and O–H groups in total. The van der Waals surface area contributed by atoms with Crippen molar-refractivity contribution in [3.63, 3.8) is 0 Å². The Balaban J connectivity index is 1.62. The van der Waals surface area contributed by atoms with E-state index in [9.17, 15) is 9.59 Å².